The van der Waals surface area contributed by atoms with E-state index in [4.69, 9.17) is 0 Å². The molecule has 0 aliphatic carbocycles. The van der Waals surface area contributed by atoms with Gasteiger partial charge in [0.1, 0.15) is 17.1 Å². The van der Waals surface area contributed by atoms with Gasteiger partial charge in [-0.25, -0.2) is 13.5 Å². The number of aromatic nitrogens is 3. The fourth-order valence-corrected chi connectivity index (χ4v) is 3.14. The van der Waals surface area contributed by atoms with Crippen molar-refractivity contribution in [2.45, 2.75) is 12.8 Å². The lowest BCUT2D eigenvalue weighted by Crippen LogP contribution is -2.28. The Balaban J connectivity index is 1.86. The minimum Gasteiger partial charge on any atom is -0.338 e. The highest BCUT2D eigenvalue weighted by Crippen LogP contribution is 2.24. The molecule has 4 rings (SSSR count). The van der Waals surface area contributed by atoms with Gasteiger partial charge in [0.05, 0.1) is 6.20 Å². The molecule has 0 atom stereocenters. The molecule has 1 aliphatic heterocycles. The normalized spacial score (nSPS) is 14.2. The van der Waals surface area contributed by atoms with Crippen LogP contribution in [-0.4, -0.2) is 38.2 Å². The average Bonchev–Trinajstić information content (AvgIpc) is 3.34. The maximum Gasteiger partial charge on any atom is 0.259 e. The molecule has 5 nitrogen and oxygen atoms in total. The molecule has 0 N–H and O–H groups in total. The summed E-state index contributed by atoms with van der Waals surface area (Å²) in [5.74, 6) is -1.09. The Morgan fingerprint density at radius 1 is 1.08 bits per heavy atom. The smallest absolute Gasteiger partial charge is 0.259 e. The summed E-state index contributed by atoms with van der Waals surface area (Å²) in [5.41, 5.74) is 0.479. The molecule has 0 bridgehead atoms. The van der Waals surface area contributed by atoms with Gasteiger partial charge in [-0.3, -0.25) is 4.79 Å². The first-order chi connectivity index (χ1) is 12.1. The number of carbonyl (C=O) groups is 1. The molecule has 7 heteroatoms. The van der Waals surface area contributed by atoms with E-state index in [1.54, 1.807) is 21.9 Å². The number of rotatable bonds is 3. The third-order valence-corrected chi connectivity index (χ3v) is 4.35. The van der Waals surface area contributed by atoms with Gasteiger partial charge in [-0.1, -0.05) is 0 Å². The van der Waals surface area contributed by atoms with Crippen molar-refractivity contribution in [3.63, 3.8) is 0 Å². The molecule has 1 aliphatic rings. The Hall–Kier alpha value is -2.96. The molecule has 1 saturated heterocycles. The quantitative estimate of drug-likeness (QED) is 0.734. The maximum atomic E-state index is 14.3. The van der Waals surface area contributed by atoms with E-state index in [2.05, 4.69) is 5.10 Å². The average molecular weight is 342 g/mol. The fraction of sp³-hybridized carbons (Fsp3) is 0.222. The van der Waals surface area contributed by atoms with Crippen molar-refractivity contribution in [3.8, 4) is 11.5 Å². The summed E-state index contributed by atoms with van der Waals surface area (Å²) in [5, 5.41) is 4.21. The first-order valence-corrected chi connectivity index (χ1v) is 8.11. The first-order valence-electron chi connectivity index (χ1n) is 8.11. The van der Waals surface area contributed by atoms with Crippen LogP contribution in [0.25, 0.3) is 11.5 Å². The second kappa shape index (κ2) is 6.16. The lowest BCUT2D eigenvalue weighted by atomic mass is 10.2. The number of nitrogens with zero attached hydrogens (tertiary/aromatic N) is 4. The summed E-state index contributed by atoms with van der Waals surface area (Å²) in [7, 11) is 0. The zero-order valence-electron chi connectivity index (χ0n) is 13.4. The van der Waals surface area contributed by atoms with Gasteiger partial charge in [-0.05, 0) is 37.1 Å². The Morgan fingerprint density at radius 2 is 1.80 bits per heavy atom. The van der Waals surface area contributed by atoms with Crippen LogP contribution in [0.4, 0.5) is 8.78 Å². The summed E-state index contributed by atoms with van der Waals surface area (Å²) in [6.45, 7) is 1.42. The Bertz CT molecular complexity index is 911. The highest BCUT2D eigenvalue weighted by atomic mass is 19.1. The molecule has 1 aromatic carbocycles. The Morgan fingerprint density at radius 3 is 2.48 bits per heavy atom. The van der Waals surface area contributed by atoms with E-state index in [-0.39, 0.29) is 11.6 Å². The molecule has 0 saturated carbocycles. The maximum absolute atomic E-state index is 14.3. The number of hydrogen-bond donors (Lipinski definition) is 0. The van der Waals surface area contributed by atoms with Crippen molar-refractivity contribution < 1.29 is 13.6 Å². The molecule has 3 heterocycles. The van der Waals surface area contributed by atoms with Crippen molar-refractivity contribution in [1.82, 2.24) is 19.2 Å². The van der Waals surface area contributed by atoms with Crippen molar-refractivity contribution in [2.75, 3.05) is 13.1 Å². The number of carbonyl (C=O) groups excluding carboxylic acids is 1. The van der Waals surface area contributed by atoms with Gasteiger partial charge in [0.15, 0.2) is 11.6 Å². The zero-order chi connectivity index (χ0) is 17.4. The highest BCUT2D eigenvalue weighted by Gasteiger charge is 2.26. The Labute approximate surface area is 143 Å². The fourth-order valence-electron chi connectivity index (χ4n) is 3.14. The van der Waals surface area contributed by atoms with Crippen LogP contribution in [0.2, 0.25) is 0 Å². The van der Waals surface area contributed by atoms with Crippen molar-refractivity contribution in [2.24, 2.45) is 0 Å². The zero-order valence-corrected chi connectivity index (χ0v) is 13.4. The molecule has 0 radical (unpaired) electrons. The van der Waals surface area contributed by atoms with Crippen LogP contribution in [0.1, 0.15) is 23.2 Å². The second-order valence-electron chi connectivity index (χ2n) is 5.98. The van der Waals surface area contributed by atoms with Gasteiger partial charge in [-0.15, -0.1) is 0 Å². The number of benzene rings is 1. The lowest BCUT2D eigenvalue weighted by molar-refractivity contribution is 0.0793. The van der Waals surface area contributed by atoms with E-state index in [0.29, 0.717) is 24.5 Å². The minimum absolute atomic E-state index is 0.0885. The van der Waals surface area contributed by atoms with Gasteiger partial charge >= 0.3 is 0 Å². The van der Waals surface area contributed by atoms with Crippen LogP contribution < -0.4 is 0 Å². The van der Waals surface area contributed by atoms with Gasteiger partial charge in [-0.2, -0.15) is 5.10 Å². The number of amides is 1. The van der Waals surface area contributed by atoms with Crippen molar-refractivity contribution in [1.29, 1.82) is 0 Å². The van der Waals surface area contributed by atoms with Crippen LogP contribution in [-0.2, 0) is 0 Å². The summed E-state index contributed by atoms with van der Waals surface area (Å²) in [4.78, 5) is 14.6. The van der Waals surface area contributed by atoms with E-state index >= 15 is 0 Å². The molecule has 3 aromatic rings. The predicted octanol–water partition coefficient (Wildman–Crippen LogP) is 3.18. The van der Waals surface area contributed by atoms with Crippen LogP contribution in [0, 0.1) is 11.6 Å². The summed E-state index contributed by atoms with van der Waals surface area (Å²) in [6.07, 6.45) is 6.92. The van der Waals surface area contributed by atoms with Crippen molar-refractivity contribution >= 4 is 5.91 Å². The molecular weight excluding hydrogens is 326 g/mol. The van der Waals surface area contributed by atoms with Crippen LogP contribution in [0.5, 0.6) is 0 Å². The third kappa shape index (κ3) is 2.71. The molecule has 2 aromatic heterocycles. The van der Waals surface area contributed by atoms with E-state index in [1.807, 2.05) is 12.1 Å². The SMILES string of the molecule is O=C(c1cnn(-c2ccc(F)cc2F)c1-n1cccc1)N1CCCC1. The summed E-state index contributed by atoms with van der Waals surface area (Å²) < 4.78 is 30.5. The van der Waals surface area contributed by atoms with E-state index in [9.17, 15) is 13.6 Å². The van der Waals surface area contributed by atoms with Gasteiger partial charge in [0, 0.05) is 31.5 Å². The molecule has 25 heavy (non-hydrogen) atoms. The largest absolute Gasteiger partial charge is 0.338 e. The van der Waals surface area contributed by atoms with Gasteiger partial charge < -0.3 is 9.47 Å². The molecule has 128 valence electrons. The minimum atomic E-state index is -0.739. The first kappa shape index (κ1) is 15.6. The molecule has 1 fully saturated rings. The number of likely N-dealkylation sites (tertiary alicyclic amines) is 1. The third-order valence-electron chi connectivity index (χ3n) is 4.35. The monoisotopic (exact) mass is 342 g/mol. The molecule has 0 spiro atoms. The van der Waals surface area contributed by atoms with E-state index < -0.39 is 11.6 Å². The second-order valence-corrected chi connectivity index (χ2v) is 5.98. The van der Waals surface area contributed by atoms with Crippen LogP contribution >= 0.6 is 0 Å². The predicted molar refractivity (Wildman–Crippen MR) is 87.9 cm³/mol. The molecule has 1 amide bonds. The van der Waals surface area contributed by atoms with Crippen LogP contribution in [0.15, 0.2) is 48.9 Å². The van der Waals surface area contributed by atoms with E-state index in [1.165, 1.54) is 23.0 Å². The van der Waals surface area contributed by atoms with Gasteiger partial charge in [0.2, 0.25) is 0 Å². The van der Waals surface area contributed by atoms with Crippen LogP contribution in [0.3, 0.4) is 0 Å². The number of hydrogen-bond acceptors (Lipinski definition) is 2. The summed E-state index contributed by atoms with van der Waals surface area (Å²) >= 11 is 0. The summed E-state index contributed by atoms with van der Waals surface area (Å²) in [6, 6.07) is 6.90. The lowest BCUT2D eigenvalue weighted by Gasteiger charge is -2.16. The van der Waals surface area contributed by atoms with Gasteiger partial charge in [0.25, 0.3) is 5.91 Å². The molecule has 0 unspecified atom stereocenters. The van der Waals surface area contributed by atoms with E-state index in [0.717, 1.165) is 18.9 Å². The number of halogens is 2. The standard InChI is InChI=1S/C18H16F2N4O/c19-13-5-6-16(15(20)11-13)24-17(22-7-1-2-8-22)14(12-21-24)18(25)23-9-3-4-10-23/h1-2,5-8,11-12H,3-4,9-10H2. The topological polar surface area (TPSA) is 43.1 Å². The highest BCUT2D eigenvalue weighted by molar-refractivity contribution is 5.97. The Kier molecular flexibility index (Phi) is 3.83. The molecular formula is C18H16F2N4O. The van der Waals surface area contributed by atoms with Crippen molar-refractivity contribution in [3.05, 3.63) is 66.1 Å².